The quantitative estimate of drug-likeness (QED) is 0.799. The Hall–Kier alpha value is -1.40. The third-order valence-electron chi connectivity index (χ3n) is 4.19. The largest absolute Gasteiger partial charge is 0.469 e. The fourth-order valence-electron chi connectivity index (χ4n) is 3.20. The monoisotopic (exact) mass is 325 g/mol. The molecule has 2 rings (SSSR count). The molecule has 0 unspecified atom stereocenters. The molecule has 0 spiro atoms. The number of piperidine rings is 1. The highest BCUT2D eigenvalue weighted by atomic mass is 32.2. The molecule has 0 aliphatic carbocycles. The van der Waals surface area contributed by atoms with E-state index in [-0.39, 0.29) is 11.9 Å². The molecule has 1 fully saturated rings. The number of methoxy groups -OCH3 is 1. The molecule has 6 heteroatoms. The smallest absolute Gasteiger partial charge is 0.308 e. The van der Waals surface area contributed by atoms with Crippen molar-refractivity contribution in [3.63, 3.8) is 0 Å². The molecule has 0 saturated carbocycles. The second kappa shape index (κ2) is 6.38. The van der Waals surface area contributed by atoms with E-state index in [9.17, 15) is 13.2 Å². The molecule has 0 bridgehead atoms. The fraction of sp³-hybridized carbons (Fsp3) is 0.562. The summed E-state index contributed by atoms with van der Waals surface area (Å²) in [6.45, 7) is 6.32. The van der Waals surface area contributed by atoms with E-state index in [2.05, 4.69) is 0 Å². The second-order valence-electron chi connectivity index (χ2n) is 5.93. The van der Waals surface area contributed by atoms with Crippen molar-refractivity contribution in [1.29, 1.82) is 0 Å². The zero-order valence-corrected chi connectivity index (χ0v) is 14.4. The normalized spacial score (nSPS) is 17.5. The zero-order valence-electron chi connectivity index (χ0n) is 13.5. The van der Waals surface area contributed by atoms with Crippen molar-refractivity contribution in [3.05, 3.63) is 28.8 Å². The van der Waals surface area contributed by atoms with E-state index in [4.69, 9.17) is 4.74 Å². The lowest BCUT2D eigenvalue weighted by molar-refractivity contribution is -0.146. The molecule has 0 aromatic heterocycles. The van der Waals surface area contributed by atoms with E-state index in [1.54, 1.807) is 0 Å². The van der Waals surface area contributed by atoms with Crippen molar-refractivity contribution >= 4 is 16.0 Å². The summed E-state index contributed by atoms with van der Waals surface area (Å²) in [5.41, 5.74) is 2.60. The SMILES string of the molecule is COC(=O)C1CCN(S(=O)(=O)c2c(C)cc(C)cc2C)CC1. The predicted octanol–water partition coefficient (Wildman–Crippen LogP) is 2.19. The Morgan fingerprint density at radius 3 is 2.09 bits per heavy atom. The first-order chi connectivity index (χ1) is 10.3. The number of benzene rings is 1. The highest BCUT2D eigenvalue weighted by molar-refractivity contribution is 7.89. The maximum atomic E-state index is 12.9. The zero-order chi connectivity index (χ0) is 16.5. The molecule has 22 heavy (non-hydrogen) atoms. The van der Waals surface area contributed by atoms with Crippen LogP contribution in [0.25, 0.3) is 0 Å². The molecule has 1 aliphatic rings. The number of aryl methyl sites for hydroxylation is 3. The number of nitrogens with zero attached hydrogens (tertiary/aromatic N) is 1. The third-order valence-corrected chi connectivity index (χ3v) is 6.40. The number of sulfonamides is 1. The molecule has 0 atom stereocenters. The van der Waals surface area contributed by atoms with Gasteiger partial charge in [0.2, 0.25) is 10.0 Å². The minimum atomic E-state index is -3.51. The van der Waals surface area contributed by atoms with Gasteiger partial charge in [0.15, 0.2) is 0 Å². The van der Waals surface area contributed by atoms with Crippen LogP contribution < -0.4 is 0 Å². The Balaban J connectivity index is 2.25. The minimum absolute atomic E-state index is 0.198. The molecule has 1 heterocycles. The Labute approximate surface area is 132 Å². The third kappa shape index (κ3) is 3.17. The molecule has 1 aromatic rings. The Morgan fingerprint density at radius 1 is 1.14 bits per heavy atom. The van der Waals surface area contributed by atoms with Gasteiger partial charge in [-0.3, -0.25) is 4.79 Å². The molecular weight excluding hydrogens is 302 g/mol. The van der Waals surface area contributed by atoms with Crippen molar-refractivity contribution in [3.8, 4) is 0 Å². The summed E-state index contributed by atoms with van der Waals surface area (Å²) < 4.78 is 32.0. The Bertz CT molecular complexity index is 650. The Morgan fingerprint density at radius 2 is 1.64 bits per heavy atom. The van der Waals surface area contributed by atoms with Gasteiger partial charge in [-0.05, 0) is 44.7 Å². The van der Waals surface area contributed by atoms with Gasteiger partial charge in [0.1, 0.15) is 0 Å². The van der Waals surface area contributed by atoms with E-state index in [1.807, 2.05) is 32.9 Å². The van der Waals surface area contributed by atoms with Crippen LogP contribution in [0.15, 0.2) is 17.0 Å². The second-order valence-corrected chi connectivity index (χ2v) is 7.80. The predicted molar refractivity (Wildman–Crippen MR) is 84.2 cm³/mol. The van der Waals surface area contributed by atoms with Crippen LogP contribution in [0.2, 0.25) is 0 Å². The highest BCUT2D eigenvalue weighted by Crippen LogP contribution is 2.29. The van der Waals surface area contributed by atoms with Crippen molar-refractivity contribution in [2.24, 2.45) is 5.92 Å². The van der Waals surface area contributed by atoms with Crippen molar-refractivity contribution in [2.75, 3.05) is 20.2 Å². The van der Waals surface area contributed by atoms with Gasteiger partial charge in [0, 0.05) is 13.1 Å². The maximum Gasteiger partial charge on any atom is 0.308 e. The molecule has 1 aliphatic heterocycles. The highest BCUT2D eigenvalue weighted by Gasteiger charge is 2.33. The summed E-state index contributed by atoms with van der Waals surface area (Å²) in [7, 11) is -2.15. The number of rotatable bonds is 3. The van der Waals surface area contributed by atoms with Gasteiger partial charge in [0.05, 0.1) is 17.9 Å². The summed E-state index contributed by atoms with van der Waals surface area (Å²) in [4.78, 5) is 11.9. The first kappa shape index (κ1) is 17.0. The van der Waals surface area contributed by atoms with Gasteiger partial charge >= 0.3 is 5.97 Å². The molecule has 5 nitrogen and oxygen atoms in total. The summed E-state index contributed by atoms with van der Waals surface area (Å²) in [6.07, 6.45) is 1.02. The van der Waals surface area contributed by atoms with Gasteiger partial charge in [0.25, 0.3) is 0 Å². The van der Waals surface area contributed by atoms with Gasteiger partial charge in [-0.15, -0.1) is 0 Å². The van der Waals surface area contributed by atoms with Crippen molar-refractivity contribution in [2.45, 2.75) is 38.5 Å². The fourth-order valence-corrected chi connectivity index (χ4v) is 5.08. The number of hydrogen-bond acceptors (Lipinski definition) is 4. The standard InChI is InChI=1S/C16H23NO4S/c1-11-9-12(2)15(13(3)10-11)22(19,20)17-7-5-14(6-8-17)16(18)21-4/h9-10,14H,5-8H2,1-4H3. The van der Waals surface area contributed by atoms with E-state index in [0.717, 1.165) is 16.7 Å². The molecule has 0 radical (unpaired) electrons. The lowest BCUT2D eigenvalue weighted by Crippen LogP contribution is -2.40. The average Bonchev–Trinajstić information content (AvgIpc) is 2.45. The molecule has 0 amide bonds. The Kier molecular flexibility index (Phi) is 4.92. The number of esters is 1. The van der Waals surface area contributed by atoms with E-state index < -0.39 is 10.0 Å². The number of carbonyl (C=O) groups is 1. The first-order valence-corrected chi connectivity index (χ1v) is 8.87. The summed E-state index contributed by atoms with van der Waals surface area (Å²) in [5, 5.41) is 0. The molecule has 1 aromatic carbocycles. The first-order valence-electron chi connectivity index (χ1n) is 7.43. The van der Waals surface area contributed by atoms with Crippen LogP contribution >= 0.6 is 0 Å². The van der Waals surface area contributed by atoms with Crippen LogP contribution in [0.5, 0.6) is 0 Å². The minimum Gasteiger partial charge on any atom is -0.469 e. The summed E-state index contributed by atoms with van der Waals surface area (Å²) in [6, 6.07) is 3.78. The number of carbonyl (C=O) groups excluding carboxylic acids is 1. The van der Waals surface area contributed by atoms with Crippen LogP contribution in [0.1, 0.15) is 29.5 Å². The number of ether oxygens (including phenoxy) is 1. The summed E-state index contributed by atoms with van der Waals surface area (Å²) >= 11 is 0. The number of hydrogen-bond donors (Lipinski definition) is 0. The van der Waals surface area contributed by atoms with Crippen LogP contribution in [-0.2, 0) is 19.6 Å². The van der Waals surface area contributed by atoms with E-state index in [0.29, 0.717) is 30.8 Å². The molecular formula is C16H23NO4S. The van der Waals surface area contributed by atoms with Crippen molar-refractivity contribution in [1.82, 2.24) is 4.31 Å². The summed E-state index contributed by atoms with van der Waals surface area (Å²) in [5.74, 6) is -0.448. The maximum absolute atomic E-state index is 12.9. The van der Waals surface area contributed by atoms with Crippen molar-refractivity contribution < 1.29 is 17.9 Å². The molecule has 1 saturated heterocycles. The van der Waals surface area contributed by atoms with Crippen LogP contribution in [0.4, 0.5) is 0 Å². The van der Waals surface area contributed by atoms with Gasteiger partial charge in [-0.2, -0.15) is 4.31 Å². The lowest BCUT2D eigenvalue weighted by atomic mass is 9.99. The van der Waals surface area contributed by atoms with Gasteiger partial charge < -0.3 is 4.74 Å². The van der Waals surface area contributed by atoms with Crippen LogP contribution in [0, 0.1) is 26.7 Å². The molecule has 122 valence electrons. The van der Waals surface area contributed by atoms with Crippen LogP contribution in [-0.4, -0.2) is 38.9 Å². The van der Waals surface area contributed by atoms with E-state index in [1.165, 1.54) is 11.4 Å². The average molecular weight is 325 g/mol. The lowest BCUT2D eigenvalue weighted by Gasteiger charge is -2.30. The van der Waals surface area contributed by atoms with Crippen LogP contribution in [0.3, 0.4) is 0 Å². The van der Waals surface area contributed by atoms with Gasteiger partial charge in [-0.1, -0.05) is 17.7 Å². The van der Waals surface area contributed by atoms with E-state index >= 15 is 0 Å². The molecule has 0 N–H and O–H groups in total. The topological polar surface area (TPSA) is 63.7 Å². The van der Waals surface area contributed by atoms with Gasteiger partial charge in [-0.25, -0.2) is 8.42 Å².